The van der Waals surface area contributed by atoms with Gasteiger partial charge in [0.2, 0.25) is 0 Å². The van der Waals surface area contributed by atoms with E-state index in [-0.39, 0.29) is 0 Å². The number of nitrogens with zero attached hydrogens (tertiary/aromatic N) is 1. The highest BCUT2D eigenvalue weighted by Gasteiger charge is 2.16. The first-order valence-electron chi connectivity index (χ1n) is 5.28. The van der Waals surface area contributed by atoms with Crippen LogP contribution in [0.15, 0.2) is 35.3 Å². The average Bonchev–Trinajstić information content (AvgIpc) is 2.65. The zero-order valence-electron chi connectivity index (χ0n) is 9.10. The quantitative estimate of drug-likeness (QED) is 0.829. The third-order valence-electron chi connectivity index (χ3n) is 2.44. The minimum atomic E-state index is 0.336. The van der Waals surface area contributed by atoms with Gasteiger partial charge in [-0.2, -0.15) is 0 Å². The van der Waals surface area contributed by atoms with Crippen molar-refractivity contribution in [1.82, 2.24) is 5.32 Å². The van der Waals surface area contributed by atoms with Crippen LogP contribution in [0.2, 0.25) is 0 Å². The lowest BCUT2D eigenvalue weighted by Gasteiger charge is -2.14. The minimum absolute atomic E-state index is 0.336. The summed E-state index contributed by atoms with van der Waals surface area (Å²) < 4.78 is 0. The fourth-order valence-electron chi connectivity index (χ4n) is 1.57. The number of nitrogens with one attached hydrogen (secondary N) is 1. The molecule has 0 aromatic heterocycles. The van der Waals surface area contributed by atoms with Gasteiger partial charge in [-0.05, 0) is 12.5 Å². The molecule has 3 heteroatoms. The van der Waals surface area contributed by atoms with Crippen LogP contribution >= 0.6 is 11.8 Å². The Morgan fingerprint density at radius 3 is 2.73 bits per heavy atom. The third kappa shape index (κ3) is 2.75. The Morgan fingerprint density at radius 2 is 2.13 bits per heavy atom. The van der Waals surface area contributed by atoms with E-state index in [4.69, 9.17) is 0 Å². The fraction of sp³-hybridized carbons (Fsp3) is 0.417. The summed E-state index contributed by atoms with van der Waals surface area (Å²) in [6.07, 6.45) is 0. The zero-order chi connectivity index (χ0) is 10.7. The number of aliphatic imine (C=N–C) groups is 1. The molecular formula is C12H16N2S. The molecule has 1 aliphatic rings. The van der Waals surface area contributed by atoms with Crippen molar-refractivity contribution in [2.24, 2.45) is 4.99 Å². The van der Waals surface area contributed by atoms with Crippen LogP contribution in [-0.2, 0) is 0 Å². The van der Waals surface area contributed by atoms with Crippen LogP contribution in [0.3, 0.4) is 0 Å². The van der Waals surface area contributed by atoms with Crippen molar-refractivity contribution in [2.75, 3.05) is 6.54 Å². The first-order chi connectivity index (χ1) is 7.25. The molecule has 2 rings (SSSR count). The van der Waals surface area contributed by atoms with Gasteiger partial charge in [-0.3, -0.25) is 4.99 Å². The molecule has 1 aromatic rings. The van der Waals surface area contributed by atoms with Crippen molar-refractivity contribution < 1.29 is 0 Å². The third-order valence-corrected chi connectivity index (χ3v) is 3.47. The van der Waals surface area contributed by atoms with Crippen LogP contribution in [0.4, 0.5) is 0 Å². The summed E-state index contributed by atoms with van der Waals surface area (Å²) in [5, 5.41) is 5.14. The lowest BCUT2D eigenvalue weighted by atomic mass is 10.1. The largest absolute Gasteiger partial charge is 0.358 e. The molecule has 2 unspecified atom stereocenters. The van der Waals surface area contributed by atoms with E-state index in [1.165, 1.54) is 5.56 Å². The Balaban J connectivity index is 1.96. The van der Waals surface area contributed by atoms with Crippen LogP contribution in [0.25, 0.3) is 0 Å². The molecule has 0 spiro atoms. The zero-order valence-corrected chi connectivity index (χ0v) is 9.92. The molecule has 2 nitrogen and oxygen atoms in total. The van der Waals surface area contributed by atoms with Crippen molar-refractivity contribution in [2.45, 2.75) is 25.1 Å². The van der Waals surface area contributed by atoms with Gasteiger partial charge in [0.25, 0.3) is 0 Å². The molecule has 1 N–H and O–H groups in total. The molecule has 0 bridgehead atoms. The summed E-state index contributed by atoms with van der Waals surface area (Å²) >= 11 is 1.83. The number of hydrogen-bond acceptors (Lipinski definition) is 3. The summed E-state index contributed by atoms with van der Waals surface area (Å²) in [6.45, 7) is 5.31. The van der Waals surface area contributed by atoms with E-state index in [0.29, 0.717) is 11.3 Å². The normalized spacial score (nSPS) is 22.3. The van der Waals surface area contributed by atoms with E-state index in [1.807, 2.05) is 17.8 Å². The van der Waals surface area contributed by atoms with Gasteiger partial charge in [-0.1, -0.05) is 49.0 Å². The molecule has 0 saturated carbocycles. The molecule has 0 saturated heterocycles. The van der Waals surface area contributed by atoms with Gasteiger partial charge >= 0.3 is 0 Å². The van der Waals surface area contributed by atoms with Crippen LogP contribution in [0, 0.1) is 0 Å². The summed E-state index contributed by atoms with van der Waals surface area (Å²) in [5.41, 5.74) is 1.31. The van der Waals surface area contributed by atoms with E-state index in [1.54, 1.807) is 0 Å². The van der Waals surface area contributed by atoms with Gasteiger partial charge in [0.05, 0.1) is 12.6 Å². The Bertz CT molecular complexity index is 348. The molecule has 0 fully saturated rings. The molecule has 0 amide bonds. The second-order valence-corrected chi connectivity index (χ2v) is 5.28. The van der Waals surface area contributed by atoms with Crippen LogP contribution in [-0.4, -0.2) is 17.0 Å². The second kappa shape index (κ2) is 4.71. The second-order valence-electron chi connectivity index (χ2n) is 3.85. The first kappa shape index (κ1) is 10.6. The van der Waals surface area contributed by atoms with Crippen molar-refractivity contribution >= 4 is 16.9 Å². The van der Waals surface area contributed by atoms with E-state index >= 15 is 0 Å². The highest BCUT2D eigenvalue weighted by molar-refractivity contribution is 8.14. The summed E-state index contributed by atoms with van der Waals surface area (Å²) in [5.74, 6) is 0. The Kier molecular flexibility index (Phi) is 3.31. The molecule has 0 aliphatic carbocycles. The number of amidine groups is 1. The SMILES string of the molecule is CC1CN=C(NC(C)c2ccccc2)S1. The van der Waals surface area contributed by atoms with E-state index in [0.717, 1.165) is 11.7 Å². The fourth-order valence-corrected chi connectivity index (χ4v) is 2.49. The number of thioether (sulfide) groups is 1. The number of benzene rings is 1. The number of rotatable bonds is 2. The Hall–Kier alpha value is -0.960. The lowest BCUT2D eigenvalue weighted by Crippen LogP contribution is -2.23. The molecule has 0 radical (unpaired) electrons. The average molecular weight is 220 g/mol. The topological polar surface area (TPSA) is 24.4 Å². The first-order valence-corrected chi connectivity index (χ1v) is 6.16. The van der Waals surface area contributed by atoms with Gasteiger partial charge in [0.1, 0.15) is 0 Å². The highest BCUT2D eigenvalue weighted by Crippen LogP contribution is 2.21. The van der Waals surface area contributed by atoms with E-state index < -0.39 is 0 Å². The van der Waals surface area contributed by atoms with Gasteiger partial charge in [0.15, 0.2) is 5.17 Å². The molecule has 80 valence electrons. The minimum Gasteiger partial charge on any atom is -0.358 e. The number of hydrogen-bond donors (Lipinski definition) is 1. The smallest absolute Gasteiger partial charge is 0.157 e. The van der Waals surface area contributed by atoms with Gasteiger partial charge in [-0.25, -0.2) is 0 Å². The molecule has 1 aliphatic heterocycles. The van der Waals surface area contributed by atoms with Crippen molar-refractivity contribution in [3.63, 3.8) is 0 Å². The molecule has 2 atom stereocenters. The molecular weight excluding hydrogens is 204 g/mol. The van der Waals surface area contributed by atoms with E-state index in [2.05, 4.69) is 48.4 Å². The maximum atomic E-state index is 4.45. The molecule has 1 aromatic carbocycles. The maximum absolute atomic E-state index is 4.45. The summed E-state index contributed by atoms with van der Waals surface area (Å²) in [6, 6.07) is 10.8. The van der Waals surface area contributed by atoms with Crippen molar-refractivity contribution in [1.29, 1.82) is 0 Å². The van der Waals surface area contributed by atoms with E-state index in [9.17, 15) is 0 Å². The van der Waals surface area contributed by atoms with Crippen LogP contribution in [0.5, 0.6) is 0 Å². The monoisotopic (exact) mass is 220 g/mol. The molecule has 15 heavy (non-hydrogen) atoms. The standard InChI is InChI=1S/C12H16N2S/c1-9-8-13-12(15-9)14-10(2)11-6-4-3-5-7-11/h3-7,9-10H,8H2,1-2H3,(H,13,14). The predicted octanol–water partition coefficient (Wildman–Crippen LogP) is 2.83. The Morgan fingerprint density at radius 1 is 1.40 bits per heavy atom. The Labute approximate surface area is 95.2 Å². The van der Waals surface area contributed by atoms with Crippen molar-refractivity contribution in [3.05, 3.63) is 35.9 Å². The van der Waals surface area contributed by atoms with Crippen LogP contribution in [0.1, 0.15) is 25.5 Å². The van der Waals surface area contributed by atoms with Crippen molar-refractivity contribution in [3.8, 4) is 0 Å². The van der Waals surface area contributed by atoms with Crippen LogP contribution < -0.4 is 5.32 Å². The summed E-state index contributed by atoms with van der Waals surface area (Å²) in [7, 11) is 0. The molecule has 1 heterocycles. The van der Waals surface area contributed by atoms with Gasteiger partial charge in [-0.15, -0.1) is 0 Å². The van der Waals surface area contributed by atoms with Gasteiger partial charge in [0, 0.05) is 5.25 Å². The maximum Gasteiger partial charge on any atom is 0.157 e. The lowest BCUT2D eigenvalue weighted by molar-refractivity contribution is 0.723. The summed E-state index contributed by atoms with van der Waals surface area (Å²) in [4.78, 5) is 4.45. The highest BCUT2D eigenvalue weighted by atomic mass is 32.2. The predicted molar refractivity (Wildman–Crippen MR) is 67.3 cm³/mol. The van der Waals surface area contributed by atoms with Gasteiger partial charge < -0.3 is 5.32 Å².